The van der Waals surface area contributed by atoms with Crippen LogP contribution in [0, 0.1) is 5.92 Å². The number of ether oxygens (including phenoxy) is 5. The molecule has 0 aromatic carbocycles. The van der Waals surface area contributed by atoms with Gasteiger partial charge in [0.2, 0.25) is 0 Å². The second-order valence-electron chi connectivity index (χ2n) is 12.4. The summed E-state index contributed by atoms with van der Waals surface area (Å²) < 4.78 is 25.9. The molecule has 0 aromatic rings. The van der Waals surface area contributed by atoms with Crippen molar-refractivity contribution in [3.63, 3.8) is 0 Å². The first-order valence-electron chi connectivity index (χ1n) is 17.3. The summed E-state index contributed by atoms with van der Waals surface area (Å²) in [5.41, 5.74) is 0. The zero-order valence-electron chi connectivity index (χ0n) is 26.5. The molecule has 0 spiro atoms. The molecule has 39 heavy (non-hydrogen) atoms. The maximum absolute atomic E-state index is 5.45. The van der Waals surface area contributed by atoms with Gasteiger partial charge in [-0.1, -0.05) is 111 Å². The molecule has 1 aliphatic carbocycles. The van der Waals surface area contributed by atoms with E-state index in [9.17, 15) is 0 Å². The predicted octanol–water partition coefficient (Wildman–Crippen LogP) is 9.05. The van der Waals surface area contributed by atoms with Gasteiger partial charge in [0.15, 0.2) is 0 Å². The van der Waals surface area contributed by atoms with Crippen LogP contribution < -0.4 is 0 Å². The summed E-state index contributed by atoms with van der Waals surface area (Å²) in [4.78, 5) is 0. The SMILES string of the molecule is CCCC1CCC2OC2C1.CCCCCC1CO1.CCCCCCCCCC1CO1.CCCCOCC1CO1. The van der Waals surface area contributed by atoms with E-state index in [0.29, 0.717) is 30.5 Å². The van der Waals surface area contributed by atoms with Crippen molar-refractivity contribution in [2.45, 2.75) is 180 Å². The Balaban J connectivity index is 0.000000184. The van der Waals surface area contributed by atoms with Crippen LogP contribution >= 0.6 is 0 Å². The van der Waals surface area contributed by atoms with Crippen LogP contribution in [0.3, 0.4) is 0 Å². The van der Waals surface area contributed by atoms with Crippen LogP contribution in [0.4, 0.5) is 0 Å². The molecule has 0 amide bonds. The maximum atomic E-state index is 5.45. The molecule has 232 valence electrons. The first-order valence-corrected chi connectivity index (χ1v) is 17.3. The lowest BCUT2D eigenvalue weighted by atomic mass is 9.86. The molecule has 4 aliphatic heterocycles. The number of fused-ring (bicyclic) bond motifs is 1. The largest absolute Gasteiger partial charge is 0.379 e. The zero-order chi connectivity index (χ0) is 28.0. The van der Waals surface area contributed by atoms with E-state index in [1.165, 1.54) is 122 Å². The molecule has 5 fully saturated rings. The summed E-state index contributed by atoms with van der Waals surface area (Å²) in [6.07, 6.45) is 29.0. The van der Waals surface area contributed by atoms with Gasteiger partial charge >= 0.3 is 0 Å². The second kappa shape index (κ2) is 23.4. The molecule has 5 rings (SSSR count). The molecule has 5 aliphatic rings. The highest BCUT2D eigenvalue weighted by Gasteiger charge is 2.43. The van der Waals surface area contributed by atoms with E-state index < -0.39 is 0 Å². The third-order valence-corrected chi connectivity index (χ3v) is 8.22. The number of hydrogen-bond donors (Lipinski definition) is 0. The molecule has 1 saturated carbocycles. The normalized spacial score (nSPS) is 28.9. The standard InChI is InChI=1S/C11H22O.C9H16O.C7H14O2.C7H14O/c1-2-3-4-5-6-7-8-9-11-10-12-11;1-2-3-7-4-5-8-9(6-7)10-8;1-2-3-4-8-5-7-6-9-7;1-2-3-4-5-7-6-8-7/h11H,2-10H2,1H3;7-9H,2-6H2,1H3;7H,2-6H2,1H3;7H,2-6H2,1H3. The van der Waals surface area contributed by atoms with Crippen molar-refractivity contribution in [2.24, 2.45) is 5.92 Å². The maximum Gasteiger partial charge on any atom is 0.104 e. The summed E-state index contributed by atoms with van der Waals surface area (Å²) in [6.45, 7) is 13.6. The Hall–Kier alpha value is -0.200. The number of rotatable bonds is 19. The Morgan fingerprint density at radius 2 is 1.08 bits per heavy atom. The Morgan fingerprint density at radius 3 is 1.62 bits per heavy atom. The smallest absolute Gasteiger partial charge is 0.104 e. The Labute approximate surface area is 242 Å². The summed E-state index contributed by atoms with van der Waals surface area (Å²) in [5.74, 6) is 0.994. The van der Waals surface area contributed by atoms with Gasteiger partial charge in [-0.25, -0.2) is 0 Å². The van der Waals surface area contributed by atoms with Crippen molar-refractivity contribution in [2.75, 3.05) is 33.0 Å². The summed E-state index contributed by atoms with van der Waals surface area (Å²) in [7, 11) is 0. The number of epoxide rings is 4. The highest BCUT2D eigenvalue weighted by molar-refractivity contribution is 4.91. The van der Waals surface area contributed by atoms with Crippen LogP contribution in [0.25, 0.3) is 0 Å². The molecule has 6 atom stereocenters. The molecular weight excluding hydrogens is 488 g/mol. The quantitative estimate of drug-likeness (QED) is 0.118. The third-order valence-electron chi connectivity index (χ3n) is 8.22. The van der Waals surface area contributed by atoms with Gasteiger partial charge in [0, 0.05) is 6.61 Å². The van der Waals surface area contributed by atoms with Gasteiger partial charge in [-0.2, -0.15) is 0 Å². The number of unbranched alkanes of at least 4 members (excludes halogenated alkanes) is 9. The van der Waals surface area contributed by atoms with Crippen molar-refractivity contribution < 1.29 is 23.7 Å². The monoisotopic (exact) mass is 554 g/mol. The molecule has 0 radical (unpaired) electrons. The second-order valence-corrected chi connectivity index (χ2v) is 12.4. The van der Waals surface area contributed by atoms with Crippen molar-refractivity contribution in [1.82, 2.24) is 0 Å². The summed E-state index contributed by atoms with van der Waals surface area (Å²) >= 11 is 0. The van der Waals surface area contributed by atoms with E-state index in [1.54, 1.807) is 0 Å². The third kappa shape index (κ3) is 22.1. The van der Waals surface area contributed by atoms with Gasteiger partial charge in [0.1, 0.15) is 6.10 Å². The van der Waals surface area contributed by atoms with E-state index in [2.05, 4.69) is 27.7 Å². The van der Waals surface area contributed by atoms with Gasteiger partial charge in [-0.05, 0) is 44.4 Å². The predicted molar refractivity (Wildman–Crippen MR) is 163 cm³/mol. The minimum Gasteiger partial charge on any atom is -0.379 e. The summed E-state index contributed by atoms with van der Waals surface area (Å²) in [6, 6.07) is 0. The van der Waals surface area contributed by atoms with Crippen molar-refractivity contribution in [3.8, 4) is 0 Å². The van der Waals surface area contributed by atoms with Crippen molar-refractivity contribution >= 4 is 0 Å². The minimum atomic E-state index is 0.432. The van der Waals surface area contributed by atoms with Crippen molar-refractivity contribution in [3.05, 3.63) is 0 Å². The molecule has 4 heterocycles. The first-order chi connectivity index (χ1) is 19.2. The van der Waals surface area contributed by atoms with Gasteiger partial charge < -0.3 is 23.7 Å². The average molecular weight is 555 g/mol. The Morgan fingerprint density at radius 1 is 0.538 bits per heavy atom. The van der Waals surface area contributed by atoms with Crippen LogP contribution in [0.1, 0.15) is 150 Å². The molecule has 5 heteroatoms. The Bertz CT molecular complexity index is 532. The molecule has 0 aromatic heterocycles. The van der Waals surface area contributed by atoms with Gasteiger partial charge in [-0.15, -0.1) is 0 Å². The fraction of sp³-hybridized carbons (Fsp3) is 1.00. The fourth-order valence-electron chi connectivity index (χ4n) is 5.20. The topological polar surface area (TPSA) is 59.3 Å². The lowest BCUT2D eigenvalue weighted by Crippen LogP contribution is -2.12. The van der Waals surface area contributed by atoms with E-state index in [1.807, 2.05) is 0 Å². The van der Waals surface area contributed by atoms with Gasteiger partial charge in [-0.3, -0.25) is 0 Å². The van der Waals surface area contributed by atoms with Gasteiger partial charge in [0.05, 0.1) is 50.8 Å². The molecule has 6 unspecified atom stereocenters. The lowest BCUT2D eigenvalue weighted by Gasteiger charge is -2.17. The average Bonchev–Trinajstić information content (AvgIpc) is 3.77. The minimum absolute atomic E-state index is 0.432. The highest BCUT2D eigenvalue weighted by Crippen LogP contribution is 2.40. The van der Waals surface area contributed by atoms with Crippen LogP contribution in [0.5, 0.6) is 0 Å². The molecular formula is C34H66O5. The zero-order valence-corrected chi connectivity index (χ0v) is 26.5. The fourth-order valence-corrected chi connectivity index (χ4v) is 5.20. The van der Waals surface area contributed by atoms with Gasteiger partial charge in [0.25, 0.3) is 0 Å². The van der Waals surface area contributed by atoms with Crippen LogP contribution in [0.2, 0.25) is 0 Å². The number of hydrogen-bond acceptors (Lipinski definition) is 5. The van der Waals surface area contributed by atoms with E-state index in [0.717, 1.165) is 39.0 Å². The van der Waals surface area contributed by atoms with E-state index >= 15 is 0 Å². The molecule has 4 saturated heterocycles. The van der Waals surface area contributed by atoms with Crippen LogP contribution in [-0.4, -0.2) is 63.6 Å². The van der Waals surface area contributed by atoms with Crippen molar-refractivity contribution in [1.29, 1.82) is 0 Å². The highest BCUT2D eigenvalue weighted by atomic mass is 16.6. The molecule has 0 bridgehead atoms. The first kappa shape index (κ1) is 35.0. The molecule has 0 N–H and O–H groups in total. The lowest BCUT2D eigenvalue weighted by molar-refractivity contribution is 0.114. The van der Waals surface area contributed by atoms with E-state index in [4.69, 9.17) is 23.7 Å². The molecule has 5 nitrogen and oxygen atoms in total. The van der Waals surface area contributed by atoms with Crippen LogP contribution in [0.15, 0.2) is 0 Å². The van der Waals surface area contributed by atoms with Crippen LogP contribution in [-0.2, 0) is 23.7 Å². The Kier molecular flexibility index (Phi) is 21.0. The summed E-state index contributed by atoms with van der Waals surface area (Å²) in [5, 5.41) is 0. The van der Waals surface area contributed by atoms with E-state index in [-0.39, 0.29) is 0 Å².